The third-order valence-corrected chi connectivity index (χ3v) is 5.06. The monoisotopic (exact) mass is 288 g/mol. The third-order valence-electron chi connectivity index (χ3n) is 3.89. The fourth-order valence-corrected chi connectivity index (χ4v) is 3.82. The number of thioether (sulfide) groups is 1. The van der Waals surface area contributed by atoms with Gasteiger partial charge in [-0.3, -0.25) is 0 Å². The second-order valence-corrected chi connectivity index (χ2v) is 6.23. The molecule has 2 rings (SSSR count). The largest absolute Gasteiger partial charge is 0.480 e. The zero-order valence-electron chi connectivity index (χ0n) is 10.9. The molecule has 1 aliphatic heterocycles. The normalized spacial score (nSPS) is 34.5. The second kappa shape index (κ2) is 6.00. The number of carboxylic acid groups (broad SMARTS) is 1. The molecule has 1 saturated heterocycles. The van der Waals surface area contributed by atoms with E-state index in [0.29, 0.717) is 5.25 Å². The molecule has 6 nitrogen and oxygen atoms in total. The second-order valence-electron chi connectivity index (χ2n) is 5.16. The van der Waals surface area contributed by atoms with Gasteiger partial charge in [-0.15, -0.1) is 0 Å². The molecule has 108 valence electrons. The molecule has 7 heteroatoms. The highest BCUT2D eigenvalue weighted by molar-refractivity contribution is 7.99. The number of rotatable bonds is 3. The van der Waals surface area contributed by atoms with Gasteiger partial charge in [0.1, 0.15) is 6.04 Å². The van der Waals surface area contributed by atoms with Gasteiger partial charge in [0.05, 0.1) is 6.10 Å². The summed E-state index contributed by atoms with van der Waals surface area (Å²) in [6, 6.07) is -1.17. The van der Waals surface area contributed by atoms with Gasteiger partial charge in [0.15, 0.2) is 0 Å². The molecule has 0 aromatic carbocycles. The number of urea groups is 1. The highest BCUT2D eigenvalue weighted by atomic mass is 32.2. The number of carbonyl (C=O) groups is 2. The van der Waals surface area contributed by atoms with Crippen LogP contribution in [-0.2, 0) is 4.79 Å². The molecular weight excluding hydrogens is 268 g/mol. The van der Waals surface area contributed by atoms with E-state index in [9.17, 15) is 14.7 Å². The van der Waals surface area contributed by atoms with Gasteiger partial charge in [-0.25, -0.2) is 9.59 Å². The Labute approximate surface area is 116 Å². The van der Waals surface area contributed by atoms with E-state index in [-0.39, 0.29) is 25.0 Å². The molecule has 0 bridgehead atoms. The fourth-order valence-electron chi connectivity index (χ4n) is 2.89. The van der Waals surface area contributed by atoms with Gasteiger partial charge in [-0.1, -0.05) is 6.42 Å². The Balaban J connectivity index is 1.97. The average molecular weight is 288 g/mol. The first-order valence-corrected chi connectivity index (χ1v) is 7.82. The smallest absolute Gasteiger partial charge is 0.326 e. The van der Waals surface area contributed by atoms with Crippen LogP contribution in [0.3, 0.4) is 0 Å². The SMILES string of the molecule is CSC1CCCC1NC(=O)N1CC(O)C[C@H]1C(=O)O. The van der Waals surface area contributed by atoms with Crippen LogP contribution in [0, 0.1) is 0 Å². The van der Waals surface area contributed by atoms with Crippen molar-refractivity contribution in [2.75, 3.05) is 12.8 Å². The molecule has 19 heavy (non-hydrogen) atoms. The van der Waals surface area contributed by atoms with Gasteiger partial charge in [0, 0.05) is 24.3 Å². The Kier molecular flexibility index (Phi) is 4.57. The summed E-state index contributed by atoms with van der Waals surface area (Å²) in [7, 11) is 0. The van der Waals surface area contributed by atoms with Crippen molar-refractivity contribution in [2.45, 2.75) is 49.1 Å². The Hall–Kier alpha value is -0.950. The van der Waals surface area contributed by atoms with Crippen LogP contribution in [0.4, 0.5) is 4.79 Å². The third kappa shape index (κ3) is 3.14. The molecule has 1 heterocycles. The molecule has 0 aromatic rings. The molecule has 2 amide bonds. The number of aliphatic hydroxyl groups is 1. The molecule has 3 N–H and O–H groups in total. The van der Waals surface area contributed by atoms with Crippen LogP contribution >= 0.6 is 11.8 Å². The summed E-state index contributed by atoms with van der Waals surface area (Å²) < 4.78 is 0. The van der Waals surface area contributed by atoms with E-state index in [2.05, 4.69) is 5.32 Å². The number of nitrogens with zero attached hydrogens (tertiary/aromatic N) is 1. The Morgan fingerprint density at radius 3 is 2.74 bits per heavy atom. The van der Waals surface area contributed by atoms with Crippen molar-refractivity contribution in [3.05, 3.63) is 0 Å². The minimum atomic E-state index is -1.06. The molecule has 4 atom stereocenters. The van der Waals surface area contributed by atoms with Gasteiger partial charge in [-0.05, 0) is 19.1 Å². The van der Waals surface area contributed by atoms with E-state index < -0.39 is 18.1 Å². The Bertz CT molecular complexity index is 366. The lowest BCUT2D eigenvalue weighted by Crippen LogP contribution is -2.50. The average Bonchev–Trinajstić information content (AvgIpc) is 2.95. The summed E-state index contributed by atoms with van der Waals surface area (Å²) in [5, 5.41) is 21.9. The lowest BCUT2D eigenvalue weighted by Gasteiger charge is -2.26. The molecule has 0 spiro atoms. The van der Waals surface area contributed by atoms with Crippen molar-refractivity contribution in [3.63, 3.8) is 0 Å². The van der Waals surface area contributed by atoms with E-state index >= 15 is 0 Å². The van der Waals surface area contributed by atoms with Gasteiger partial charge in [0.25, 0.3) is 0 Å². The maximum Gasteiger partial charge on any atom is 0.326 e. The van der Waals surface area contributed by atoms with Crippen LogP contribution in [0.25, 0.3) is 0 Å². The number of hydrogen-bond acceptors (Lipinski definition) is 4. The van der Waals surface area contributed by atoms with Crippen molar-refractivity contribution < 1.29 is 19.8 Å². The van der Waals surface area contributed by atoms with Crippen molar-refractivity contribution in [2.24, 2.45) is 0 Å². The highest BCUT2D eigenvalue weighted by Crippen LogP contribution is 2.29. The van der Waals surface area contributed by atoms with E-state index in [1.807, 2.05) is 6.26 Å². The standard InChI is InChI=1S/C12H20N2O4S/c1-19-10-4-2-3-8(10)13-12(18)14-6-7(15)5-9(14)11(16)17/h7-10,15H,2-6H2,1H3,(H,13,18)(H,16,17)/t7?,8?,9-,10?/m0/s1. The van der Waals surface area contributed by atoms with Crippen LogP contribution in [-0.4, -0.2) is 63.4 Å². The lowest BCUT2D eigenvalue weighted by molar-refractivity contribution is -0.141. The maximum absolute atomic E-state index is 12.2. The number of aliphatic hydroxyl groups excluding tert-OH is 1. The van der Waals surface area contributed by atoms with Crippen LogP contribution in [0.5, 0.6) is 0 Å². The van der Waals surface area contributed by atoms with Crippen molar-refractivity contribution >= 4 is 23.8 Å². The molecule has 2 fully saturated rings. The minimum Gasteiger partial charge on any atom is -0.480 e. The van der Waals surface area contributed by atoms with E-state index in [1.54, 1.807) is 11.8 Å². The van der Waals surface area contributed by atoms with Crippen LogP contribution in [0.2, 0.25) is 0 Å². The zero-order chi connectivity index (χ0) is 14.0. The highest BCUT2D eigenvalue weighted by Gasteiger charge is 2.40. The van der Waals surface area contributed by atoms with Gasteiger partial charge in [-0.2, -0.15) is 11.8 Å². The van der Waals surface area contributed by atoms with Crippen molar-refractivity contribution in [3.8, 4) is 0 Å². The van der Waals surface area contributed by atoms with E-state index in [4.69, 9.17) is 5.11 Å². The lowest BCUT2D eigenvalue weighted by atomic mass is 10.2. The zero-order valence-corrected chi connectivity index (χ0v) is 11.7. The summed E-state index contributed by atoms with van der Waals surface area (Å²) >= 11 is 1.73. The molecule has 1 saturated carbocycles. The van der Waals surface area contributed by atoms with E-state index in [1.165, 1.54) is 4.90 Å². The first kappa shape index (κ1) is 14.5. The van der Waals surface area contributed by atoms with Crippen molar-refractivity contribution in [1.29, 1.82) is 0 Å². The summed E-state index contributed by atoms with van der Waals surface area (Å²) in [4.78, 5) is 24.5. The number of β-amino-alcohol motifs (C(OH)–C–C–N with tert-alkyl or cyclic N) is 1. The maximum atomic E-state index is 12.2. The quantitative estimate of drug-likeness (QED) is 0.703. The molecule has 0 radical (unpaired) electrons. The fraction of sp³-hybridized carbons (Fsp3) is 0.833. The number of amides is 2. The summed E-state index contributed by atoms with van der Waals surface area (Å²) in [5.41, 5.74) is 0. The van der Waals surface area contributed by atoms with Crippen LogP contribution in [0.1, 0.15) is 25.7 Å². The Morgan fingerprint density at radius 1 is 1.37 bits per heavy atom. The van der Waals surface area contributed by atoms with Crippen LogP contribution in [0.15, 0.2) is 0 Å². The predicted octanol–water partition coefficient (Wildman–Crippen LogP) is 0.500. The summed E-state index contributed by atoms with van der Waals surface area (Å²) in [5.74, 6) is -1.06. The van der Waals surface area contributed by atoms with Gasteiger partial charge < -0.3 is 20.4 Å². The molecule has 3 unspecified atom stereocenters. The Morgan fingerprint density at radius 2 is 2.11 bits per heavy atom. The summed E-state index contributed by atoms with van der Waals surface area (Å²) in [6.45, 7) is 0.0967. The van der Waals surface area contributed by atoms with Crippen LogP contribution < -0.4 is 5.32 Å². The summed E-state index contributed by atoms with van der Waals surface area (Å²) in [6.07, 6.45) is 4.49. The first-order valence-electron chi connectivity index (χ1n) is 6.53. The number of nitrogens with one attached hydrogen (secondary N) is 1. The number of carboxylic acids is 1. The number of likely N-dealkylation sites (tertiary alicyclic amines) is 1. The molecule has 0 aromatic heterocycles. The topological polar surface area (TPSA) is 89.9 Å². The first-order chi connectivity index (χ1) is 9.02. The predicted molar refractivity (Wildman–Crippen MR) is 72.2 cm³/mol. The van der Waals surface area contributed by atoms with Crippen molar-refractivity contribution in [1.82, 2.24) is 10.2 Å². The molecule has 1 aliphatic carbocycles. The molecule has 2 aliphatic rings. The molecular formula is C12H20N2O4S. The number of hydrogen-bond donors (Lipinski definition) is 3. The van der Waals surface area contributed by atoms with Gasteiger partial charge >= 0.3 is 12.0 Å². The van der Waals surface area contributed by atoms with Gasteiger partial charge in [0.2, 0.25) is 0 Å². The number of carbonyl (C=O) groups excluding carboxylic acids is 1. The number of aliphatic carboxylic acids is 1. The van der Waals surface area contributed by atoms with E-state index in [0.717, 1.165) is 19.3 Å². The minimum absolute atomic E-state index is 0.0967.